The van der Waals surface area contributed by atoms with Gasteiger partial charge in [0.1, 0.15) is 6.04 Å². The molecule has 1 amide bonds. The van der Waals surface area contributed by atoms with E-state index < -0.39 is 0 Å². The highest BCUT2D eigenvalue weighted by molar-refractivity contribution is 8.00. The second-order valence-corrected chi connectivity index (χ2v) is 3.98. The van der Waals surface area contributed by atoms with Crippen molar-refractivity contribution in [2.24, 2.45) is 0 Å². The average molecular weight is 168 g/mol. The molecule has 2 unspecified atom stereocenters. The van der Waals surface area contributed by atoms with Gasteiger partial charge in [-0.2, -0.15) is 5.26 Å². The van der Waals surface area contributed by atoms with Gasteiger partial charge < -0.3 is 4.90 Å². The number of fused-ring (bicyclic) bond motifs is 1. The Morgan fingerprint density at radius 2 is 2.55 bits per heavy atom. The Balaban J connectivity index is 2.21. The van der Waals surface area contributed by atoms with Crippen molar-refractivity contribution in [2.45, 2.75) is 24.3 Å². The summed E-state index contributed by atoms with van der Waals surface area (Å²) < 4.78 is 0. The largest absolute Gasteiger partial charge is 0.314 e. The van der Waals surface area contributed by atoms with E-state index in [1.54, 1.807) is 16.7 Å². The lowest BCUT2D eigenvalue weighted by Gasteiger charge is -2.16. The van der Waals surface area contributed by atoms with Gasteiger partial charge in [-0.1, -0.05) is 0 Å². The SMILES string of the molecule is N#CC1CSC2CCC(=O)N12. The molecular formula is C7H8N2OS. The van der Waals surface area contributed by atoms with Crippen molar-refractivity contribution in [2.75, 3.05) is 5.75 Å². The van der Waals surface area contributed by atoms with E-state index in [0.29, 0.717) is 11.8 Å². The van der Waals surface area contributed by atoms with Crippen molar-refractivity contribution in [1.82, 2.24) is 4.90 Å². The molecule has 11 heavy (non-hydrogen) atoms. The third-order valence-corrected chi connectivity index (χ3v) is 3.49. The molecule has 0 saturated carbocycles. The molecule has 2 fully saturated rings. The first kappa shape index (κ1) is 6.99. The summed E-state index contributed by atoms with van der Waals surface area (Å²) in [5.41, 5.74) is 0. The predicted octanol–water partition coefficient (Wildman–Crippen LogP) is 0.574. The van der Waals surface area contributed by atoms with Crippen LogP contribution in [-0.2, 0) is 4.79 Å². The third-order valence-electron chi connectivity index (χ3n) is 2.13. The number of nitrogens with zero attached hydrogens (tertiary/aromatic N) is 2. The summed E-state index contributed by atoms with van der Waals surface area (Å²) in [6.45, 7) is 0. The summed E-state index contributed by atoms with van der Waals surface area (Å²) in [5.74, 6) is 0.957. The third kappa shape index (κ3) is 0.916. The molecule has 0 N–H and O–H groups in total. The van der Waals surface area contributed by atoms with Crippen molar-refractivity contribution in [3.05, 3.63) is 0 Å². The topological polar surface area (TPSA) is 44.1 Å². The fourth-order valence-corrected chi connectivity index (χ4v) is 2.95. The van der Waals surface area contributed by atoms with Crippen LogP contribution in [0.1, 0.15) is 12.8 Å². The molecule has 2 heterocycles. The quantitative estimate of drug-likeness (QED) is 0.531. The van der Waals surface area contributed by atoms with E-state index in [1.807, 2.05) is 0 Å². The summed E-state index contributed by atoms with van der Waals surface area (Å²) in [4.78, 5) is 12.9. The fraction of sp³-hybridized carbons (Fsp3) is 0.714. The normalized spacial score (nSPS) is 35.5. The minimum absolute atomic E-state index is 0.153. The molecule has 2 aliphatic heterocycles. The van der Waals surface area contributed by atoms with Gasteiger partial charge >= 0.3 is 0 Å². The Bertz CT molecular complexity index is 235. The van der Waals surface area contributed by atoms with Gasteiger partial charge in [-0.05, 0) is 6.42 Å². The molecule has 0 radical (unpaired) electrons. The van der Waals surface area contributed by atoms with Crippen molar-refractivity contribution >= 4 is 17.7 Å². The van der Waals surface area contributed by atoms with Gasteiger partial charge in [-0.3, -0.25) is 4.79 Å². The van der Waals surface area contributed by atoms with E-state index in [2.05, 4.69) is 6.07 Å². The van der Waals surface area contributed by atoms with Crippen LogP contribution < -0.4 is 0 Å². The fourth-order valence-electron chi connectivity index (χ4n) is 1.60. The molecule has 2 rings (SSSR count). The first-order valence-corrected chi connectivity index (χ1v) is 4.70. The molecule has 0 aliphatic carbocycles. The van der Waals surface area contributed by atoms with Crippen LogP contribution in [0.25, 0.3) is 0 Å². The Morgan fingerprint density at radius 1 is 1.73 bits per heavy atom. The standard InChI is InChI=1S/C7H8N2OS/c8-3-5-4-11-7-2-1-6(10)9(5)7/h5,7H,1-2,4H2. The van der Waals surface area contributed by atoms with Crippen LogP contribution in [0.3, 0.4) is 0 Å². The number of amides is 1. The molecule has 2 aliphatic rings. The maximum absolute atomic E-state index is 11.2. The molecule has 0 aromatic carbocycles. The zero-order chi connectivity index (χ0) is 7.84. The lowest BCUT2D eigenvalue weighted by molar-refractivity contribution is -0.128. The lowest BCUT2D eigenvalue weighted by Crippen LogP contribution is -2.34. The van der Waals surface area contributed by atoms with E-state index in [9.17, 15) is 4.79 Å². The highest BCUT2D eigenvalue weighted by Crippen LogP contribution is 2.36. The van der Waals surface area contributed by atoms with Crippen LogP contribution in [0.5, 0.6) is 0 Å². The van der Waals surface area contributed by atoms with Crippen molar-refractivity contribution in [1.29, 1.82) is 5.26 Å². The van der Waals surface area contributed by atoms with E-state index in [4.69, 9.17) is 5.26 Å². The predicted molar refractivity (Wildman–Crippen MR) is 41.7 cm³/mol. The van der Waals surface area contributed by atoms with Gasteiger partial charge in [0.15, 0.2) is 0 Å². The summed E-state index contributed by atoms with van der Waals surface area (Å²) in [6, 6.07) is 2.00. The Hall–Kier alpha value is -0.690. The zero-order valence-electron chi connectivity index (χ0n) is 5.99. The van der Waals surface area contributed by atoms with Gasteiger partial charge in [0.25, 0.3) is 0 Å². The highest BCUT2D eigenvalue weighted by atomic mass is 32.2. The van der Waals surface area contributed by atoms with Crippen molar-refractivity contribution in [3.8, 4) is 6.07 Å². The smallest absolute Gasteiger partial charge is 0.224 e. The number of thioether (sulfide) groups is 1. The van der Waals surface area contributed by atoms with Crippen LogP contribution >= 0.6 is 11.8 Å². The summed E-state index contributed by atoms with van der Waals surface area (Å²) in [6.07, 6.45) is 1.57. The van der Waals surface area contributed by atoms with Crippen LogP contribution in [0.4, 0.5) is 0 Å². The molecule has 0 spiro atoms. The minimum atomic E-state index is -0.153. The van der Waals surface area contributed by atoms with Crippen LogP contribution in [0, 0.1) is 11.3 Å². The first-order valence-electron chi connectivity index (χ1n) is 3.65. The minimum Gasteiger partial charge on any atom is -0.314 e. The maximum Gasteiger partial charge on any atom is 0.224 e. The Kier molecular flexibility index (Phi) is 1.53. The summed E-state index contributed by atoms with van der Waals surface area (Å²) >= 11 is 1.73. The molecule has 4 heteroatoms. The Morgan fingerprint density at radius 3 is 3.27 bits per heavy atom. The van der Waals surface area contributed by atoms with Crippen LogP contribution in [0.15, 0.2) is 0 Å². The van der Waals surface area contributed by atoms with Gasteiger partial charge in [-0.15, -0.1) is 11.8 Å². The number of carbonyl (C=O) groups is 1. The summed E-state index contributed by atoms with van der Waals surface area (Å²) in [7, 11) is 0. The highest BCUT2D eigenvalue weighted by Gasteiger charge is 2.41. The van der Waals surface area contributed by atoms with E-state index in [0.717, 1.165) is 12.2 Å². The lowest BCUT2D eigenvalue weighted by atomic mass is 10.3. The average Bonchev–Trinajstić information content (AvgIpc) is 2.54. The monoisotopic (exact) mass is 168 g/mol. The number of rotatable bonds is 0. The molecule has 3 nitrogen and oxygen atoms in total. The molecule has 0 bridgehead atoms. The number of carbonyl (C=O) groups excluding carboxylic acids is 1. The second kappa shape index (κ2) is 2.42. The maximum atomic E-state index is 11.2. The van der Waals surface area contributed by atoms with Gasteiger partial charge in [-0.25, -0.2) is 0 Å². The molecule has 2 saturated heterocycles. The van der Waals surface area contributed by atoms with Gasteiger partial charge in [0.05, 0.1) is 11.4 Å². The van der Waals surface area contributed by atoms with E-state index >= 15 is 0 Å². The molecular weight excluding hydrogens is 160 g/mol. The number of nitriles is 1. The van der Waals surface area contributed by atoms with E-state index in [1.165, 1.54) is 0 Å². The van der Waals surface area contributed by atoms with Crippen LogP contribution in [0.2, 0.25) is 0 Å². The zero-order valence-corrected chi connectivity index (χ0v) is 6.80. The van der Waals surface area contributed by atoms with Crippen LogP contribution in [-0.4, -0.2) is 28.0 Å². The summed E-state index contributed by atoms with van der Waals surface area (Å²) in [5, 5.41) is 8.99. The van der Waals surface area contributed by atoms with E-state index in [-0.39, 0.29) is 11.9 Å². The molecule has 0 aromatic heterocycles. The molecule has 0 aromatic rings. The molecule has 2 atom stereocenters. The first-order chi connectivity index (χ1) is 5.33. The molecule has 58 valence electrons. The van der Waals surface area contributed by atoms with Gasteiger partial charge in [0, 0.05) is 12.2 Å². The van der Waals surface area contributed by atoms with Crippen molar-refractivity contribution in [3.63, 3.8) is 0 Å². The second-order valence-electron chi connectivity index (χ2n) is 2.77. The Labute approximate surface area is 69.4 Å². The van der Waals surface area contributed by atoms with Crippen molar-refractivity contribution < 1.29 is 4.79 Å². The van der Waals surface area contributed by atoms with Gasteiger partial charge in [0.2, 0.25) is 5.91 Å². The number of hydrogen-bond donors (Lipinski definition) is 0. The number of hydrogen-bond acceptors (Lipinski definition) is 3.